The first-order chi connectivity index (χ1) is 11.2. The molecular weight excluding hydrogens is 397 g/mol. The molecule has 0 aromatic heterocycles. The monoisotopic (exact) mass is 417 g/mol. The van der Waals surface area contributed by atoms with Gasteiger partial charge in [-0.25, -0.2) is 0 Å². The van der Waals surface area contributed by atoms with E-state index in [1.165, 1.54) is 23.1 Å². The van der Waals surface area contributed by atoms with Gasteiger partial charge in [0.1, 0.15) is 0 Å². The Morgan fingerprint density at radius 2 is 1.57 bits per heavy atom. The summed E-state index contributed by atoms with van der Waals surface area (Å²) in [6, 6.07) is 19.6. The number of benzene rings is 2. The molecule has 2 fully saturated rings. The van der Waals surface area contributed by atoms with Crippen molar-refractivity contribution in [1.29, 1.82) is 0 Å². The summed E-state index contributed by atoms with van der Waals surface area (Å²) in [6.07, 6.45) is 3.61. The number of piperidine rings is 1. The summed E-state index contributed by atoms with van der Waals surface area (Å²) >= 11 is 1.91. The molecule has 1 heterocycles. The van der Waals surface area contributed by atoms with Gasteiger partial charge < -0.3 is 4.90 Å². The summed E-state index contributed by atoms with van der Waals surface area (Å²) in [5, 5.41) is 0. The Kier molecular flexibility index (Phi) is 3.92. The molecule has 1 saturated carbocycles. The Hall–Kier alpha value is -1.36. The Bertz CT molecular complexity index is 702. The molecule has 2 aromatic rings. The second-order valence-corrected chi connectivity index (χ2v) is 7.77. The summed E-state index contributed by atoms with van der Waals surface area (Å²) in [5.41, 5.74) is 4.50. The zero-order chi connectivity index (χ0) is 15.9. The standard InChI is InChI=1S/C20H20INO/c21-19(23)22-12-10-20(11-13-22)14-18(20)17-8-6-16(7-9-17)15-4-2-1-3-5-15/h1-9,18H,10-14H2/t18-/m1/s1. The summed E-state index contributed by atoms with van der Waals surface area (Å²) < 4.78 is 0.196. The summed E-state index contributed by atoms with van der Waals surface area (Å²) in [6.45, 7) is 1.86. The number of rotatable bonds is 2. The number of halogens is 1. The molecule has 1 aliphatic carbocycles. The van der Waals surface area contributed by atoms with Crippen LogP contribution in [0.15, 0.2) is 54.6 Å². The first kappa shape index (κ1) is 15.2. The maximum absolute atomic E-state index is 11.5. The molecule has 1 atom stereocenters. The van der Waals surface area contributed by atoms with Crippen LogP contribution in [0.25, 0.3) is 11.1 Å². The van der Waals surface area contributed by atoms with E-state index in [1.807, 2.05) is 27.5 Å². The van der Waals surface area contributed by atoms with Crippen LogP contribution in [-0.4, -0.2) is 21.9 Å². The van der Waals surface area contributed by atoms with Gasteiger partial charge in [0.05, 0.1) is 0 Å². The van der Waals surface area contributed by atoms with E-state index in [4.69, 9.17) is 0 Å². The molecule has 0 bridgehead atoms. The lowest BCUT2D eigenvalue weighted by Crippen LogP contribution is -2.36. The minimum Gasteiger partial charge on any atom is -0.334 e. The predicted molar refractivity (Wildman–Crippen MR) is 102 cm³/mol. The van der Waals surface area contributed by atoms with Crippen LogP contribution >= 0.6 is 22.6 Å². The van der Waals surface area contributed by atoms with E-state index in [-0.39, 0.29) is 3.91 Å². The summed E-state index contributed by atoms with van der Waals surface area (Å²) in [4.78, 5) is 13.5. The third-order valence-corrected chi connectivity index (χ3v) is 6.30. The molecule has 4 rings (SSSR count). The van der Waals surface area contributed by atoms with Gasteiger partial charge in [0.25, 0.3) is 3.91 Å². The van der Waals surface area contributed by atoms with Crippen molar-refractivity contribution in [2.24, 2.45) is 5.41 Å². The number of hydrogen-bond donors (Lipinski definition) is 0. The van der Waals surface area contributed by atoms with E-state index in [2.05, 4.69) is 54.6 Å². The smallest absolute Gasteiger partial charge is 0.283 e. The van der Waals surface area contributed by atoms with Crippen LogP contribution in [0.4, 0.5) is 4.79 Å². The van der Waals surface area contributed by atoms with Crippen LogP contribution in [0, 0.1) is 5.41 Å². The van der Waals surface area contributed by atoms with Gasteiger partial charge in [-0.3, -0.25) is 4.79 Å². The van der Waals surface area contributed by atoms with Crippen LogP contribution in [-0.2, 0) is 0 Å². The van der Waals surface area contributed by atoms with Gasteiger partial charge in [0.2, 0.25) is 0 Å². The molecule has 1 spiro atoms. The van der Waals surface area contributed by atoms with E-state index in [0.717, 1.165) is 25.9 Å². The highest BCUT2D eigenvalue weighted by molar-refractivity contribution is 14.1. The molecule has 23 heavy (non-hydrogen) atoms. The van der Waals surface area contributed by atoms with Crippen LogP contribution in [0.5, 0.6) is 0 Å². The van der Waals surface area contributed by atoms with E-state index in [0.29, 0.717) is 11.3 Å². The number of amides is 1. The number of carbonyl (C=O) groups is 1. The van der Waals surface area contributed by atoms with E-state index in [9.17, 15) is 4.79 Å². The van der Waals surface area contributed by atoms with Crippen LogP contribution in [0.3, 0.4) is 0 Å². The van der Waals surface area contributed by atoms with Crippen molar-refractivity contribution in [3.8, 4) is 11.1 Å². The minimum absolute atomic E-state index is 0.196. The molecule has 1 aliphatic heterocycles. The average molecular weight is 417 g/mol. The number of likely N-dealkylation sites (tertiary alicyclic amines) is 1. The van der Waals surface area contributed by atoms with Crippen LogP contribution < -0.4 is 0 Å². The first-order valence-electron chi connectivity index (χ1n) is 8.28. The van der Waals surface area contributed by atoms with Gasteiger partial charge >= 0.3 is 0 Å². The molecule has 1 saturated heterocycles. The van der Waals surface area contributed by atoms with Crippen LogP contribution in [0.2, 0.25) is 0 Å². The molecule has 118 valence electrons. The number of hydrogen-bond acceptors (Lipinski definition) is 1. The van der Waals surface area contributed by atoms with Gasteiger partial charge in [0, 0.05) is 35.7 Å². The Morgan fingerprint density at radius 1 is 0.957 bits per heavy atom. The lowest BCUT2D eigenvalue weighted by molar-refractivity contribution is 0.186. The fourth-order valence-electron chi connectivity index (χ4n) is 4.04. The zero-order valence-electron chi connectivity index (χ0n) is 13.0. The Morgan fingerprint density at radius 3 is 2.17 bits per heavy atom. The molecule has 3 heteroatoms. The van der Waals surface area contributed by atoms with E-state index < -0.39 is 0 Å². The maximum atomic E-state index is 11.5. The van der Waals surface area contributed by atoms with E-state index in [1.54, 1.807) is 0 Å². The van der Waals surface area contributed by atoms with Gasteiger partial charge in [-0.15, -0.1) is 0 Å². The molecule has 0 radical (unpaired) electrons. The zero-order valence-corrected chi connectivity index (χ0v) is 15.2. The fourth-order valence-corrected chi connectivity index (χ4v) is 4.52. The van der Waals surface area contributed by atoms with Crippen molar-refractivity contribution in [2.45, 2.75) is 25.2 Å². The van der Waals surface area contributed by atoms with Crippen molar-refractivity contribution in [1.82, 2.24) is 4.90 Å². The SMILES string of the molecule is O=C(I)N1CCC2(CC1)C[C@@H]2c1ccc(-c2ccccc2)cc1. The average Bonchev–Trinajstić information content (AvgIpc) is 3.29. The molecule has 0 unspecified atom stereocenters. The van der Waals surface area contributed by atoms with Crippen molar-refractivity contribution in [3.63, 3.8) is 0 Å². The van der Waals surface area contributed by atoms with Crippen molar-refractivity contribution < 1.29 is 4.79 Å². The number of carbonyl (C=O) groups excluding carboxylic acids is 1. The lowest BCUT2D eigenvalue weighted by atomic mass is 9.88. The topological polar surface area (TPSA) is 20.3 Å². The molecule has 2 nitrogen and oxygen atoms in total. The van der Waals surface area contributed by atoms with E-state index >= 15 is 0 Å². The third-order valence-electron chi connectivity index (χ3n) is 5.62. The minimum atomic E-state index is 0.196. The Balaban J connectivity index is 1.46. The fraction of sp³-hybridized carbons (Fsp3) is 0.350. The quantitative estimate of drug-likeness (QED) is 0.360. The first-order valence-corrected chi connectivity index (χ1v) is 9.36. The highest BCUT2D eigenvalue weighted by Gasteiger charge is 2.55. The highest BCUT2D eigenvalue weighted by Crippen LogP contribution is 2.65. The van der Waals surface area contributed by atoms with Gasteiger partial charge in [0.15, 0.2) is 0 Å². The molecule has 2 aliphatic rings. The second kappa shape index (κ2) is 5.93. The molecular formula is C20H20INO. The third kappa shape index (κ3) is 2.91. The number of nitrogens with zero attached hydrogens (tertiary/aromatic N) is 1. The predicted octanol–water partition coefficient (Wildman–Crippen LogP) is 5.48. The second-order valence-electron chi connectivity index (χ2n) is 6.85. The summed E-state index contributed by atoms with van der Waals surface area (Å²) in [5.74, 6) is 0.693. The molecule has 1 amide bonds. The molecule has 2 aromatic carbocycles. The molecule has 0 N–H and O–H groups in total. The van der Waals surface area contributed by atoms with Gasteiger partial charge in [-0.1, -0.05) is 54.6 Å². The highest BCUT2D eigenvalue weighted by atomic mass is 127. The Labute approximate surface area is 151 Å². The lowest BCUT2D eigenvalue weighted by Gasteiger charge is -2.31. The van der Waals surface area contributed by atoms with Gasteiger partial charge in [-0.05, 0) is 47.3 Å². The van der Waals surface area contributed by atoms with Gasteiger partial charge in [-0.2, -0.15) is 0 Å². The van der Waals surface area contributed by atoms with Crippen molar-refractivity contribution in [3.05, 3.63) is 60.2 Å². The normalized spacial score (nSPS) is 22.1. The van der Waals surface area contributed by atoms with Crippen molar-refractivity contribution >= 4 is 26.5 Å². The largest absolute Gasteiger partial charge is 0.334 e. The summed E-state index contributed by atoms with van der Waals surface area (Å²) in [7, 11) is 0. The maximum Gasteiger partial charge on any atom is 0.283 e. The van der Waals surface area contributed by atoms with Crippen LogP contribution in [0.1, 0.15) is 30.7 Å². The van der Waals surface area contributed by atoms with Crippen molar-refractivity contribution in [2.75, 3.05) is 13.1 Å².